The Hall–Kier alpha value is -1.18. The Balaban J connectivity index is 2.22. The van der Waals surface area contributed by atoms with Crippen LogP contribution in [0.2, 0.25) is 12.6 Å². The van der Waals surface area contributed by atoms with E-state index in [0.29, 0.717) is 12.6 Å². The molecule has 0 aliphatic carbocycles. The summed E-state index contributed by atoms with van der Waals surface area (Å²) in [5.41, 5.74) is -0.764. The molecule has 1 heterocycles. The van der Waals surface area contributed by atoms with Gasteiger partial charge in [0.2, 0.25) is 0 Å². The van der Waals surface area contributed by atoms with Crippen molar-refractivity contribution in [2.24, 2.45) is 0 Å². The first kappa shape index (κ1) is 14.9. The number of nitrogens with zero attached hydrogens (tertiary/aromatic N) is 1. The van der Waals surface area contributed by atoms with Gasteiger partial charge >= 0.3 is 14.3 Å². The molecule has 0 bridgehead atoms. The van der Waals surface area contributed by atoms with Crippen LogP contribution in [0.25, 0.3) is 0 Å². The van der Waals surface area contributed by atoms with Crippen LogP contribution in [-0.4, -0.2) is 27.7 Å². The lowest BCUT2D eigenvalue weighted by atomic mass is 10.2. The van der Waals surface area contributed by atoms with Crippen LogP contribution < -0.4 is 11.2 Å². The van der Waals surface area contributed by atoms with Gasteiger partial charge in [-0.1, -0.05) is 19.3 Å². The number of nitrogens with one attached hydrogen (secondary N) is 1. The van der Waals surface area contributed by atoms with Crippen molar-refractivity contribution >= 4 is 8.56 Å². The van der Waals surface area contributed by atoms with Gasteiger partial charge in [0, 0.05) is 18.8 Å². The molecule has 0 fully saturated rings. The van der Waals surface area contributed by atoms with Crippen LogP contribution in [0, 0.1) is 0 Å². The van der Waals surface area contributed by atoms with E-state index in [-0.39, 0.29) is 11.2 Å². The molecule has 7 heteroatoms. The predicted octanol–water partition coefficient (Wildman–Crippen LogP) is 0.154. The fraction of sp³-hybridized carbons (Fsp3) is 0.636. The molecule has 0 saturated carbocycles. The molecule has 0 aliphatic heterocycles. The molecule has 0 unspecified atom stereocenters. The molecule has 0 amide bonds. The van der Waals surface area contributed by atoms with Crippen molar-refractivity contribution in [2.45, 2.75) is 44.8 Å². The summed E-state index contributed by atoms with van der Waals surface area (Å²) in [4.78, 5) is 42.8. The number of unbranched alkanes of at least 4 members (excludes halogenated alkanes) is 3. The molecule has 102 valence electrons. The van der Waals surface area contributed by atoms with E-state index in [4.69, 9.17) is 0 Å². The molecule has 1 rings (SSSR count). The number of aromatic amines is 1. The SMILES string of the molecule is C[Si](O)(O)CCCCCCn1ccc(=O)[nH]c1=O. The molecule has 18 heavy (non-hydrogen) atoms. The molecule has 3 N–H and O–H groups in total. The first-order valence-electron chi connectivity index (χ1n) is 6.13. The van der Waals surface area contributed by atoms with Gasteiger partial charge in [-0.15, -0.1) is 0 Å². The van der Waals surface area contributed by atoms with Gasteiger partial charge in [-0.3, -0.25) is 9.78 Å². The fourth-order valence-electron chi connectivity index (χ4n) is 1.72. The summed E-state index contributed by atoms with van der Waals surface area (Å²) in [5, 5.41) is 0. The van der Waals surface area contributed by atoms with E-state index in [2.05, 4.69) is 4.98 Å². The summed E-state index contributed by atoms with van der Waals surface area (Å²) < 4.78 is 1.47. The second-order valence-electron chi connectivity index (χ2n) is 4.68. The topological polar surface area (TPSA) is 95.3 Å². The highest BCUT2D eigenvalue weighted by molar-refractivity contribution is 6.63. The molecule has 0 aliphatic rings. The summed E-state index contributed by atoms with van der Waals surface area (Å²) in [7, 11) is -2.89. The van der Waals surface area contributed by atoms with Crippen LogP contribution in [0.5, 0.6) is 0 Å². The number of hydrogen-bond acceptors (Lipinski definition) is 4. The highest BCUT2D eigenvalue weighted by Crippen LogP contribution is 2.10. The monoisotopic (exact) mass is 272 g/mol. The van der Waals surface area contributed by atoms with E-state index in [1.54, 1.807) is 0 Å². The third-order valence-corrected chi connectivity index (χ3v) is 4.00. The van der Waals surface area contributed by atoms with Gasteiger partial charge < -0.3 is 14.2 Å². The average Bonchev–Trinajstić information content (AvgIpc) is 2.24. The smallest absolute Gasteiger partial charge is 0.329 e. The Bertz CT molecular complexity index is 475. The Morgan fingerprint density at radius 2 is 1.89 bits per heavy atom. The van der Waals surface area contributed by atoms with Gasteiger partial charge in [-0.25, -0.2) is 4.79 Å². The van der Waals surface area contributed by atoms with Crippen molar-refractivity contribution in [3.8, 4) is 0 Å². The third kappa shape index (κ3) is 5.94. The molecular formula is C11H20N2O4Si. The summed E-state index contributed by atoms with van der Waals surface area (Å²) in [5.74, 6) is 0. The molecule has 0 radical (unpaired) electrons. The molecule has 0 atom stereocenters. The average molecular weight is 272 g/mol. The molecule has 6 nitrogen and oxygen atoms in total. The van der Waals surface area contributed by atoms with E-state index < -0.39 is 8.56 Å². The lowest BCUT2D eigenvalue weighted by molar-refractivity contribution is 0.366. The maximum Gasteiger partial charge on any atom is 0.329 e. The zero-order valence-corrected chi connectivity index (χ0v) is 11.6. The van der Waals surface area contributed by atoms with Crippen molar-refractivity contribution in [3.05, 3.63) is 33.1 Å². The minimum Gasteiger partial charge on any atom is -0.411 e. The maximum atomic E-state index is 11.3. The molecule has 0 spiro atoms. The van der Waals surface area contributed by atoms with Gasteiger partial charge in [0.05, 0.1) is 0 Å². The van der Waals surface area contributed by atoms with Crippen molar-refractivity contribution in [3.63, 3.8) is 0 Å². The van der Waals surface area contributed by atoms with Gasteiger partial charge in [-0.05, 0) is 19.0 Å². The molecular weight excluding hydrogens is 252 g/mol. The van der Waals surface area contributed by atoms with E-state index in [9.17, 15) is 19.2 Å². The normalized spacial score (nSPS) is 11.7. The van der Waals surface area contributed by atoms with Crippen LogP contribution in [0.15, 0.2) is 21.9 Å². The van der Waals surface area contributed by atoms with Crippen molar-refractivity contribution in [2.75, 3.05) is 0 Å². The number of aromatic nitrogens is 2. The molecule has 0 saturated heterocycles. The van der Waals surface area contributed by atoms with E-state index in [0.717, 1.165) is 25.7 Å². The predicted molar refractivity (Wildman–Crippen MR) is 70.7 cm³/mol. The Labute approximate surface area is 106 Å². The third-order valence-electron chi connectivity index (χ3n) is 2.70. The van der Waals surface area contributed by atoms with Crippen LogP contribution >= 0.6 is 0 Å². The molecule has 0 aromatic carbocycles. The number of aryl methyl sites for hydroxylation is 1. The number of hydrogen-bond donors (Lipinski definition) is 3. The summed E-state index contributed by atoms with van der Waals surface area (Å²) >= 11 is 0. The van der Waals surface area contributed by atoms with Crippen LogP contribution in [0.4, 0.5) is 0 Å². The number of rotatable bonds is 7. The Kier molecular flexibility index (Phi) is 5.51. The summed E-state index contributed by atoms with van der Waals surface area (Å²) in [6.45, 7) is 2.08. The second-order valence-corrected chi connectivity index (χ2v) is 7.62. The second kappa shape index (κ2) is 6.67. The first-order chi connectivity index (χ1) is 8.38. The van der Waals surface area contributed by atoms with E-state index >= 15 is 0 Å². The zero-order valence-electron chi connectivity index (χ0n) is 10.6. The lowest BCUT2D eigenvalue weighted by Gasteiger charge is -2.10. The minimum absolute atomic E-state index is 0.381. The van der Waals surface area contributed by atoms with E-state index in [1.165, 1.54) is 23.4 Å². The highest BCUT2D eigenvalue weighted by atomic mass is 28.4. The minimum atomic E-state index is -2.89. The maximum absolute atomic E-state index is 11.3. The summed E-state index contributed by atoms with van der Waals surface area (Å²) in [6, 6.07) is 1.82. The van der Waals surface area contributed by atoms with Crippen molar-refractivity contribution < 1.29 is 9.59 Å². The fourth-order valence-corrected chi connectivity index (χ4v) is 2.64. The van der Waals surface area contributed by atoms with Crippen molar-refractivity contribution in [1.29, 1.82) is 0 Å². The Morgan fingerprint density at radius 1 is 1.22 bits per heavy atom. The first-order valence-corrected chi connectivity index (χ1v) is 8.73. The van der Waals surface area contributed by atoms with Crippen LogP contribution in [0.1, 0.15) is 25.7 Å². The van der Waals surface area contributed by atoms with Gasteiger partial charge in [0.1, 0.15) is 0 Å². The molecule has 1 aromatic heterocycles. The van der Waals surface area contributed by atoms with Crippen LogP contribution in [-0.2, 0) is 6.54 Å². The van der Waals surface area contributed by atoms with Gasteiger partial charge in [0.15, 0.2) is 0 Å². The Morgan fingerprint density at radius 3 is 2.50 bits per heavy atom. The highest BCUT2D eigenvalue weighted by Gasteiger charge is 2.19. The number of H-pyrrole nitrogens is 1. The van der Waals surface area contributed by atoms with E-state index in [1.807, 2.05) is 0 Å². The van der Waals surface area contributed by atoms with Crippen molar-refractivity contribution in [1.82, 2.24) is 9.55 Å². The quantitative estimate of drug-likeness (QED) is 0.486. The largest absolute Gasteiger partial charge is 0.411 e. The summed E-state index contributed by atoms with van der Waals surface area (Å²) in [6.07, 6.45) is 4.97. The van der Waals surface area contributed by atoms with Crippen LogP contribution in [0.3, 0.4) is 0 Å². The molecule has 1 aromatic rings. The lowest BCUT2D eigenvalue weighted by Crippen LogP contribution is -2.29. The zero-order chi connectivity index (χ0) is 13.6. The standard InChI is InChI=1S/C11H20N2O4Si/c1-18(16,17)9-5-3-2-4-7-13-8-6-10(14)12-11(13)15/h6,8,16-17H,2-5,7,9H2,1H3,(H,12,14,15). The van der Waals surface area contributed by atoms with Gasteiger partial charge in [0.25, 0.3) is 5.56 Å². The van der Waals surface area contributed by atoms with Gasteiger partial charge in [-0.2, -0.15) is 0 Å².